The van der Waals surface area contributed by atoms with E-state index in [2.05, 4.69) is 17.6 Å². The van der Waals surface area contributed by atoms with Crippen molar-refractivity contribution in [3.8, 4) is 11.5 Å². The number of benzene rings is 1. The van der Waals surface area contributed by atoms with Crippen LogP contribution in [0.3, 0.4) is 0 Å². The number of rotatable bonds is 8. The lowest BCUT2D eigenvalue weighted by Gasteiger charge is -2.14. The molecule has 1 saturated heterocycles. The van der Waals surface area contributed by atoms with Crippen molar-refractivity contribution in [2.45, 2.75) is 38.8 Å². The number of para-hydroxylation sites is 1. The van der Waals surface area contributed by atoms with Gasteiger partial charge in [0.15, 0.2) is 17.5 Å². The first-order valence-electron chi connectivity index (χ1n) is 9.96. The van der Waals surface area contributed by atoms with Gasteiger partial charge in [0, 0.05) is 38.3 Å². The summed E-state index contributed by atoms with van der Waals surface area (Å²) < 4.78 is 22.7. The lowest BCUT2D eigenvalue weighted by Crippen LogP contribution is -2.38. The van der Waals surface area contributed by atoms with Gasteiger partial charge in [0.05, 0.1) is 32.5 Å². The molecule has 1 aromatic carbocycles. The molecule has 150 valence electrons. The normalized spacial score (nSPS) is 19.6. The maximum atomic E-state index is 5.87. The fourth-order valence-corrected chi connectivity index (χ4v) is 3.06. The molecule has 0 spiro atoms. The predicted molar refractivity (Wildman–Crippen MR) is 105 cm³/mol. The van der Waals surface area contributed by atoms with Crippen LogP contribution in [0.5, 0.6) is 11.5 Å². The molecule has 1 unspecified atom stereocenters. The van der Waals surface area contributed by atoms with E-state index in [1.165, 1.54) is 0 Å². The first kappa shape index (κ1) is 19.8. The number of guanidine groups is 1. The highest BCUT2D eigenvalue weighted by molar-refractivity contribution is 5.79. The van der Waals surface area contributed by atoms with Crippen LogP contribution >= 0.6 is 0 Å². The van der Waals surface area contributed by atoms with Gasteiger partial charge in [0.1, 0.15) is 0 Å². The SMILES string of the molecule is CCNC(=NCc1cccc2c1OCCCO2)NCCCOC1CCOC1. The van der Waals surface area contributed by atoms with E-state index < -0.39 is 0 Å². The molecule has 27 heavy (non-hydrogen) atoms. The van der Waals surface area contributed by atoms with E-state index in [-0.39, 0.29) is 6.10 Å². The highest BCUT2D eigenvalue weighted by atomic mass is 16.5. The smallest absolute Gasteiger partial charge is 0.191 e. The largest absolute Gasteiger partial charge is 0.490 e. The van der Waals surface area contributed by atoms with Crippen molar-refractivity contribution in [1.82, 2.24) is 10.6 Å². The van der Waals surface area contributed by atoms with E-state index in [4.69, 9.17) is 23.9 Å². The van der Waals surface area contributed by atoms with Crippen LogP contribution in [0.25, 0.3) is 0 Å². The molecule has 1 aromatic rings. The van der Waals surface area contributed by atoms with Crippen LogP contribution in [0.4, 0.5) is 0 Å². The zero-order chi connectivity index (χ0) is 18.7. The van der Waals surface area contributed by atoms with Gasteiger partial charge in [-0.05, 0) is 25.8 Å². The Labute approximate surface area is 161 Å². The van der Waals surface area contributed by atoms with Crippen molar-refractivity contribution in [2.75, 3.05) is 46.1 Å². The summed E-state index contributed by atoms with van der Waals surface area (Å²) in [5, 5.41) is 6.65. The van der Waals surface area contributed by atoms with Crippen molar-refractivity contribution in [1.29, 1.82) is 0 Å². The molecule has 1 atom stereocenters. The second-order valence-electron chi connectivity index (χ2n) is 6.63. The third-order valence-electron chi connectivity index (χ3n) is 4.46. The van der Waals surface area contributed by atoms with Crippen molar-refractivity contribution >= 4 is 5.96 Å². The van der Waals surface area contributed by atoms with Crippen LogP contribution < -0.4 is 20.1 Å². The van der Waals surface area contributed by atoms with E-state index >= 15 is 0 Å². The summed E-state index contributed by atoms with van der Waals surface area (Å²) in [5.74, 6) is 2.43. The van der Waals surface area contributed by atoms with Crippen LogP contribution in [0, 0.1) is 0 Å². The molecule has 0 radical (unpaired) electrons. The Balaban J connectivity index is 1.48. The van der Waals surface area contributed by atoms with Crippen molar-refractivity contribution in [3.63, 3.8) is 0 Å². The van der Waals surface area contributed by atoms with Crippen LogP contribution in [0.15, 0.2) is 23.2 Å². The fourth-order valence-electron chi connectivity index (χ4n) is 3.06. The zero-order valence-electron chi connectivity index (χ0n) is 16.2. The molecule has 2 heterocycles. The number of aliphatic imine (C=N–C) groups is 1. The Bertz CT molecular complexity index is 603. The Morgan fingerprint density at radius 2 is 2.15 bits per heavy atom. The molecule has 0 saturated carbocycles. The van der Waals surface area contributed by atoms with Gasteiger partial charge in [-0.1, -0.05) is 12.1 Å². The predicted octanol–water partition coefficient (Wildman–Crippen LogP) is 2.10. The fraction of sp³-hybridized carbons (Fsp3) is 0.650. The zero-order valence-corrected chi connectivity index (χ0v) is 16.2. The molecule has 0 aromatic heterocycles. The molecule has 3 rings (SSSR count). The Morgan fingerprint density at radius 3 is 3.00 bits per heavy atom. The Hall–Kier alpha value is -1.99. The maximum Gasteiger partial charge on any atom is 0.191 e. The van der Waals surface area contributed by atoms with Crippen LogP contribution in [-0.4, -0.2) is 58.2 Å². The minimum Gasteiger partial charge on any atom is -0.490 e. The number of nitrogens with zero attached hydrogens (tertiary/aromatic N) is 1. The maximum absolute atomic E-state index is 5.87. The van der Waals surface area contributed by atoms with Crippen LogP contribution in [0.1, 0.15) is 31.7 Å². The third kappa shape index (κ3) is 6.29. The lowest BCUT2D eigenvalue weighted by molar-refractivity contribution is 0.0420. The summed E-state index contributed by atoms with van der Waals surface area (Å²) in [4.78, 5) is 4.70. The van der Waals surface area contributed by atoms with E-state index in [0.717, 1.165) is 75.2 Å². The second kappa shape index (κ2) is 11.0. The number of nitrogens with one attached hydrogen (secondary N) is 2. The van der Waals surface area contributed by atoms with E-state index in [0.29, 0.717) is 19.8 Å². The average molecular weight is 377 g/mol. The van der Waals surface area contributed by atoms with Crippen molar-refractivity contribution < 1.29 is 18.9 Å². The van der Waals surface area contributed by atoms with E-state index in [1.54, 1.807) is 0 Å². The number of ether oxygens (including phenoxy) is 4. The molecule has 1 fully saturated rings. The summed E-state index contributed by atoms with van der Waals surface area (Å²) in [7, 11) is 0. The van der Waals surface area contributed by atoms with Gasteiger partial charge in [-0.2, -0.15) is 0 Å². The summed E-state index contributed by atoms with van der Waals surface area (Å²) >= 11 is 0. The van der Waals surface area contributed by atoms with Gasteiger partial charge in [-0.3, -0.25) is 0 Å². The first-order valence-corrected chi connectivity index (χ1v) is 9.96. The van der Waals surface area contributed by atoms with Gasteiger partial charge >= 0.3 is 0 Å². The van der Waals surface area contributed by atoms with Gasteiger partial charge < -0.3 is 29.6 Å². The van der Waals surface area contributed by atoms with E-state index in [9.17, 15) is 0 Å². The number of fused-ring (bicyclic) bond motifs is 1. The summed E-state index contributed by atoms with van der Waals surface area (Å²) in [6.07, 6.45) is 3.10. The third-order valence-corrected chi connectivity index (χ3v) is 4.46. The molecule has 0 bridgehead atoms. The minimum atomic E-state index is 0.266. The standard InChI is InChI=1S/C20H31N3O4/c1-2-21-20(22-9-4-10-25-17-8-13-24-15-17)23-14-16-6-3-7-18-19(16)27-12-5-11-26-18/h3,6-7,17H,2,4-5,8-15H2,1H3,(H2,21,22,23). The molecule has 0 aliphatic carbocycles. The lowest BCUT2D eigenvalue weighted by atomic mass is 10.2. The van der Waals surface area contributed by atoms with Gasteiger partial charge in [0.25, 0.3) is 0 Å². The summed E-state index contributed by atoms with van der Waals surface area (Å²) in [5.41, 5.74) is 1.04. The quantitative estimate of drug-likeness (QED) is 0.411. The highest BCUT2D eigenvalue weighted by Crippen LogP contribution is 2.33. The van der Waals surface area contributed by atoms with Crippen molar-refractivity contribution in [2.24, 2.45) is 4.99 Å². The second-order valence-corrected chi connectivity index (χ2v) is 6.63. The highest BCUT2D eigenvalue weighted by Gasteiger charge is 2.16. The van der Waals surface area contributed by atoms with Crippen LogP contribution in [-0.2, 0) is 16.0 Å². The van der Waals surface area contributed by atoms with Gasteiger partial charge in [0.2, 0.25) is 0 Å². The van der Waals surface area contributed by atoms with Gasteiger partial charge in [-0.15, -0.1) is 0 Å². The number of hydrogen-bond donors (Lipinski definition) is 2. The van der Waals surface area contributed by atoms with E-state index in [1.807, 2.05) is 18.2 Å². The molecule has 2 aliphatic heterocycles. The monoisotopic (exact) mass is 377 g/mol. The molecule has 0 amide bonds. The Kier molecular flexibility index (Phi) is 8.04. The topological polar surface area (TPSA) is 73.3 Å². The molecular weight excluding hydrogens is 346 g/mol. The van der Waals surface area contributed by atoms with Crippen molar-refractivity contribution in [3.05, 3.63) is 23.8 Å². The van der Waals surface area contributed by atoms with Crippen LogP contribution in [0.2, 0.25) is 0 Å². The molecule has 2 N–H and O–H groups in total. The van der Waals surface area contributed by atoms with Gasteiger partial charge in [-0.25, -0.2) is 4.99 Å². The number of hydrogen-bond acceptors (Lipinski definition) is 5. The summed E-state index contributed by atoms with van der Waals surface area (Å²) in [6, 6.07) is 5.98. The molecule has 7 heteroatoms. The molecular formula is C20H31N3O4. The summed E-state index contributed by atoms with van der Waals surface area (Å²) in [6.45, 7) is 7.88. The first-order chi connectivity index (χ1) is 13.4. The molecule has 7 nitrogen and oxygen atoms in total. The average Bonchev–Trinajstić information content (AvgIpc) is 3.08. The molecule has 2 aliphatic rings. The Morgan fingerprint density at radius 1 is 1.22 bits per heavy atom. The minimum absolute atomic E-state index is 0.266.